The molecule has 2 heterocycles. The molecule has 2 aliphatic rings. The van der Waals surface area contributed by atoms with E-state index in [1.807, 2.05) is 37.3 Å². The highest BCUT2D eigenvalue weighted by Crippen LogP contribution is 2.46. The third-order valence-corrected chi connectivity index (χ3v) is 12.6. The zero-order valence-electron chi connectivity index (χ0n) is 22.1. The van der Waals surface area contributed by atoms with Crippen molar-refractivity contribution in [3.05, 3.63) is 94.0 Å². The quantitative estimate of drug-likeness (QED) is 0.268. The molecule has 2 atom stereocenters. The average Bonchev–Trinajstić information content (AvgIpc) is 3.22. The van der Waals surface area contributed by atoms with Crippen LogP contribution in [0.3, 0.4) is 0 Å². The molecule has 0 aromatic heterocycles. The van der Waals surface area contributed by atoms with Crippen LogP contribution in [0.4, 0.5) is 0 Å². The summed E-state index contributed by atoms with van der Waals surface area (Å²) >= 11 is 11.7. The van der Waals surface area contributed by atoms with Gasteiger partial charge in [0, 0.05) is 24.1 Å². The molecule has 0 saturated carbocycles. The Labute approximate surface area is 245 Å². The minimum absolute atomic E-state index is 0.00380. The van der Waals surface area contributed by atoms with Crippen LogP contribution >= 0.6 is 23.2 Å². The lowest BCUT2D eigenvalue weighted by atomic mass is 9.74. The van der Waals surface area contributed by atoms with E-state index in [2.05, 4.69) is 17.0 Å². The summed E-state index contributed by atoms with van der Waals surface area (Å²) < 4.78 is 41.3. The Balaban J connectivity index is 1.31. The number of benzene rings is 3. The third kappa shape index (κ3) is 6.05. The lowest BCUT2D eigenvalue weighted by Crippen LogP contribution is -2.44. The number of halogens is 2. The van der Waals surface area contributed by atoms with Gasteiger partial charge in [0.2, 0.25) is 10.0 Å². The predicted octanol–water partition coefficient (Wildman–Crippen LogP) is 6.33. The third-order valence-electron chi connectivity index (χ3n) is 8.29. The topological polar surface area (TPSA) is 63.7 Å². The Kier molecular flexibility index (Phi) is 8.98. The van der Waals surface area contributed by atoms with Gasteiger partial charge in [-0.2, -0.15) is 4.31 Å². The molecular formula is C30H34Cl2N2O3S2. The first-order valence-corrected chi connectivity index (χ1v) is 17.0. The van der Waals surface area contributed by atoms with Gasteiger partial charge in [-0.25, -0.2) is 8.42 Å². The summed E-state index contributed by atoms with van der Waals surface area (Å²) in [5.41, 5.74) is 2.25. The van der Waals surface area contributed by atoms with Crippen molar-refractivity contribution in [2.24, 2.45) is 0 Å². The first-order chi connectivity index (χ1) is 18.7. The Morgan fingerprint density at radius 1 is 1.00 bits per heavy atom. The highest BCUT2D eigenvalue weighted by molar-refractivity contribution is 7.91. The normalized spacial score (nSPS) is 19.9. The molecule has 0 aliphatic carbocycles. The fourth-order valence-electron chi connectivity index (χ4n) is 5.98. The smallest absolute Gasteiger partial charge is 0.243 e. The fraction of sp³-hybridized carbons (Fsp3) is 0.400. The van der Waals surface area contributed by atoms with Crippen molar-refractivity contribution < 1.29 is 13.0 Å². The van der Waals surface area contributed by atoms with Crippen molar-refractivity contribution in [1.82, 2.24) is 9.21 Å². The van der Waals surface area contributed by atoms with Crippen LogP contribution in [0.5, 0.6) is 0 Å². The van der Waals surface area contributed by atoms with Gasteiger partial charge in [-0.05, 0) is 91.9 Å². The van der Waals surface area contributed by atoms with Crippen molar-refractivity contribution in [2.75, 3.05) is 38.5 Å². The average molecular weight is 606 g/mol. The van der Waals surface area contributed by atoms with E-state index in [1.54, 1.807) is 34.6 Å². The van der Waals surface area contributed by atoms with E-state index in [0.717, 1.165) is 55.1 Å². The van der Waals surface area contributed by atoms with Crippen LogP contribution < -0.4 is 0 Å². The van der Waals surface area contributed by atoms with Gasteiger partial charge in [0.05, 0.1) is 14.9 Å². The van der Waals surface area contributed by atoms with Crippen molar-refractivity contribution >= 4 is 44.4 Å². The van der Waals surface area contributed by atoms with Gasteiger partial charge in [0.1, 0.15) is 5.75 Å². The fourth-order valence-corrected chi connectivity index (χ4v) is 9.66. The summed E-state index contributed by atoms with van der Waals surface area (Å²) in [4.78, 5) is 3.77. The summed E-state index contributed by atoms with van der Waals surface area (Å²) in [6.45, 7) is 5.31. The van der Waals surface area contributed by atoms with Crippen LogP contribution in [0.15, 0.2) is 82.6 Å². The molecule has 0 bridgehead atoms. The molecule has 2 unspecified atom stereocenters. The molecular weight excluding hydrogens is 571 g/mol. The number of piperidine rings is 1. The molecule has 1 fully saturated rings. The zero-order chi connectivity index (χ0) is 27.6. The van der Waals surface area contributed by atoms with Crippen LogP contribution in [-0.2, 0) is 26.6 Å². The minimum atomic E-state index is -3.63. The van der Waals surface area contributed by atoms with Crippen LogP contribution in [0.2, 0.25) is 10.0 Å². The maximum absolute atomic E-state index is 13.5. The van der Waals surface area contributed by atoms with Gasteiger partial charge in [-0.3, -0.25) is 0 Å². The summed E-state index contributed by atoms with van der Waals surface area (Å²) in [6.07, 6.45) is 2.75. The Hall–Kier alpha value is -1.58. The Morgan fingerprint density at radius 3 is 2.38 bits per heavy atom. The molecule has 5 rings (SSSR count). The number of fused-ring (bicyclic) bond motifs is 2. The lowest BCUT2D eigenvalue weighted by Gasteiger charge is -2.38. The molecule has 39 heavy (non-hydrogen) atoms. The van der Waals surface area contributed by atoms with Crippen LogP contribution in [0, 0.1) is 0 Å². The summed E-state index contributed by atoms with van der Waals surface area (Å²) in [6, 6.07) is 22.4. The van der Waals surface area contributed by atoms with E-state index in [-0.39, 0.29) is 11.3 Å². The molecule has 208 valence electrons. The number of hydrogen-bond acceptors (Lipinski definition) is 4. The predicted molar refractivity (Wildman–Crippen MR) is 160 cm³/mol. The second-order valence-corrected chi connectivity index (χ2v) is 14.7. The number of likely N-dealkylation sites (tertiary alicyclic amines) is 1. The van der Waals surface area contributed by atoms with E-state index in [4.69, 9.17) is 23.2 Å². The first-order valence-electron chi connectivity index (χ1n) is 13.4. The van der Waals surface area contributed by atoms with Gasteiger partial charge in [0.15, 0.2) is 4.90 Å². The van der Waals surface area contributed by atoms with E-state index < -0.39 is 21.2 Å². The maximum Gasteiger partial charge on any atom is 0.243 e. The van der Waals surface area contributed by atoms with Gasteiger partial charge in [-0.1, -0.05) is 72.6 Å². The van der Waals surface area contributed by atoms with Crippen LogP contribution in [0.1, 0.15) is 43.2 Å². The molecule has 3 aromatic rings. The second kappa shape index (κ2) is 12.1. The van der Waals surface area contributed by atoms with Crippen molar-refractivity contribution in [3.63, 3.8) is 0 Å². The highest BCUT2D eigenvalue weighted by Gasteiger charge is 2.48. The monoisotopic (exact) mass is 604 g/mol. The minimum Gasteiger partial charge on any atom is -0.611 e. The number of likely N-dealkylation sites (N-methyl/N-ethyl adjacent to an activating group) is 1. The van der Waals surface area contributed by atoms with Gasteiger partial charge in [0.25, 0.3) is 0 Å². The Bertz CT molecular complexity index is 1400. The molecule has 1 saturated heterocycles. The summed E-state index contributed by atoms with van der Waals surface area (Å²) in [7, 11) is -3.63. The molecule has 0 N–H and O–H groups in total. The van der Waals surface area contributed by atoms with Crippen molar-refractivity contribution in [1.29, 1.82) is 0 Å². The first kappa shape index (κ1) is 28.9. The zero-order valence-corrected chi connectivity index (χ0v) is 25.2. The SMILES string of the molecule is CCN(CC(CCN1CCC2(CC1)C[S+]([O-])c1ccccc12)c1ccc(Cl)c(Cl)c1)S(=O)(=O)c1ccccc1. The number of hydrogen-bond donors (Lipinski definition) is 0. The molecule has 5 nitrogen and oxygen atoms in total. The number of rotatable bonds is 9. The number of sulfonamides is 1. The molecule has 2 aliphatic heterocycles. The molecule has 0 radical (unpaired) electrons. The highest BCUT2D eigenvalue weighted by atomic mass is 35.5. The molecule has 9 heteroatoms. The number of nitrogens with zero attached hydrogens (tertiary/aromatic N) is 2. The van der Waals surface area contributed by atoms with E-state index >= 15 is 0 Å². The van der Waals surface area contributed by atoms with E-state index in [9.17, 15) is 13.0 Å². The van der Waals surface area contributed by atoms with Crippen molar-refractivity contribution in [2.45, 2.75) is 47.3 Å². The van der Waals surface area contributed by atoms with Gasteiger partial charge in [-0.15, -0.1) is 0 Å². The van der Waals surface area contributed by atoms with E-state index in [1.165, 1.54) is 5.56 Å². The maximum atomic E-state index is 13.5. The summed E-state index contributed by atoms with van der Waals surface area (Å²) in [5, 5.41) is 0.958. The largest absolute Gasteiger partial charge is 0.611 e. The van der Waals surface area contributed by atoms with E-state index in [0.29, 0.717) is 28.0 Å². The van der Waals surface area contributed by atoms with Gasteiger partial charge < -0.3 is 9.45 Å². The van der Waals surface area contributed by atoms with Crippen molar-refractivity contribution in [3.8, 4) is 0 Å². The molecule has 0 amide bonds. The summed E-state index contributed by atoms with van der Waals surface area (Å²) in [5.74, 6) is 0.670. The van der Waals surface area contributed by atoms with Crippen LogP contribution in [0.25, 0.3) is 0 Å². The standard InChI is InChI=1S/C30H34Cl2N2O3S2/c1-2-34(39(36,37)25-8-4-3-5-9-25)21-24(23-12-13-27(31)28(32)20-23)14-17-33-18-15-30(16-19-33)22-38(35)29-11-7-6-10-26(29)30/h3-13,20,24H,2,14-19,21-22H2,1H3. The molecule has 1 spiro atoms. The lowest BCUT2D eigenvalue weighted by molar-refractivity contribution is 0.165. The molecule has 3 aromatic carbocycles. The second-order valence-electron chi connectivity index (χ2n) is 10.5. The van der Waals surface area contributed by atoms with Crippen LogP contribution in [-0.4, -0.2) is 60.7 Å². The van der Waals surface area contributed by atoms with Gasteiger partial charge >= 0.3 is 0 Å². The Morgan fingerprint density at radius 2 is 1.69 bits per heavy atom.